The van der Waals surface area contributed by atoms with E-state index in [2.05, 4.69) is 24.5 Å². The topological polar surface area (TPSA) is 95.1 Å². The minimum Gasteiger partial charge on any atom is -0.377 e. The highest BCUT2D eigenvalue weighted by molar-refractivity contribution is 5.77. The summed E-state index contributed by atoms with van der Waals surface area (Å²) in [7, 11) is 0. The van der Waals surface area contributed by atoms with Crippen LogP contribution in [0.15, 0.2) is 0 Å². The van der Waals surface area contributed by atoms with Gasteiger partial charge in [-0.1, -0.05) is 34.1 Å². The largest absolute Gasteiger partial charge is 0.377 e. The van der Waals surface area contributed by atoms with Gasteiger partial charge in [-0.05, 0) is 5.92 Å². The molecule has 0 heterocycles. The van der Waals surface area contributed by atoms with Crippen molar-refractivity contribution in [3.63, 3.8) is 0 Å². The Morgan fingerprint density at radius 2 is 1.30 bits per heavy atom. The maximum absolute atomic E-state index is 11.5. The second kappa shape index (κ2) is 18.2. The number of carbonyl (C=O) groups is 2. The number of rotatable bonds is 18. The fourth-order valence-corrected chi connectivity index (χ4v) is 1.76. The Hall–Kier alpha value is -1.22. The normalized spacial score (nSPS) is 12.2. The molecule has 0 rings (SSSR count). The molecule has 27 heavy (non-hydrogen) atoms. The summed E-state index contributed by atoms with van der Waals surface area (Å²) in [6.07, 6.45) is 1.04. The van der Waals surface area contributed by atoms with E-state index in [0.29, 0.717) is 65.3 Å². The predicted molar refractivity (Wildman–Crippen MR) is 104 cm³/mol. The molecular formula is C19H38N2O6. The van der Waals surface area contributed by atoms with Crippen molar-refractivity contribution in [2.24, 2.45) is 11.8 Å². The smallest absolute Gasteiger partial charge is 0.246 e. The third-order valence-corrected chi connectivity index (χ3v) is 3.76. The van der Waals surface area contributed by atoms with Crippen molar-refractivity contribution in [2.75, 3.05) is 65.9 Å². The molecule has 8 nitrogen and oxygen atoms in total. The van der Waals surface area contributed by atoms with Gasteiger partial charge in [0.05, 0.1) is 46.2 Å². The SMILES string of the molecule is CCC(C)CNC(=O)COCCOCCOCCOCCNC(=O)C(C)C. The maximum Gasteiger partial charge on any atom is 0.246 e. The van der Waals surface area contributed by atoms with Crippen LogP contribution in [0.2, 0.25) is 0 Å². The second-order valence-corrected chi connectivity index (χ2v) is 6.65. The standard InChI is InChI=1S/C19H38N2O6/c1-5-17(4)14-21-18(22)15-27-13-12-26-11-10-25-9-8-24-7-6-20-19(23)16(2)3/h16-17H,5-15H2,1-4H3,(H,20,23)(H,21,22). The molecule has 160 valence electrons. The summed E-state index contributed by atoms with van der Waals surface area (Å²) >= 11 is 0. The summed E-state index contributed by atoms with van der Waals surface area (Å²) in [5.41, 5.74) is 0. The molecule has 0 aliphatic rings. The molecule has 0 aliphatic heterocycles. The van der Waals surface area contributed by atoms with Crippen LogP contribution >= 0.6 is 0 Å². The van der Waals surface area contributed by atoms with Crippen LogP contribution in [0.1, 0.15) is 34.1 Å². The fraction of sp³-hybridized carbons (Fsp3) is 0.895. The number of nitrogens with one attached hydrogen (secondary N) is 2. The van der Waals surface area contributed by atoms with E-state index in [1.54, 1.807) is 0 Å². The van der Waals surface area contributed by atoms with Gasteiger partial charge in [0.25, 0.3) is 0 Å². The van der Waals surface area contributed by atoms with E-state index in [0.717, 1.165) is 6.42 Å². The maximum atomic E-state index is 11.5. The Morgan fingerprint density at radius 1 is 0.778 bits per heavy atom. The Balaban J connectivity index is 3.21. The molecule has 0 fully saturated rings. The molecule has 0 saturated heterocycles. The van der Waals surface area contributed by atoms with Crippen LogP contribution < -0.4 is 10.6 Å². The molecule has 0 aromatic rings. The van der Waals surface area contributed by atoms with Crippen molar-refractivity contribution in [1.29, 1.82) is 0 Å². The number of hydrogen-bond donors (Lipinski definition) is 2. The van der Waals surface area contributed by atoms with E-state index in [1.165, 1.54) is 0 Å². The Morgan fingerprint density at radius 3 is 1.81 bits per heavy atom. The molecule has 2 amide bonds. The predicted octanol–water partition coefficient (Wildman–Crippen LogP) is 0.987. The van der Waals surface area contributed by atoms with Gasteiger partial charge in [-0.3, -0.25) is 9.59 Å². The molecule has 0 bridgehead atoms. The lowest BCUT2D eigenvalue weighted by molar-refractivity contribution is -0.126. The highest BCUT2D eigenvalue weighted by Gasteiger charge is 2.05. The summed E-state index contributed by atoms with van der Waals surface area (Å²) in [4.78, 5) is 22.8. The van der Waals surface area contributed by atoms with E-state index in [9.17, 15) is 9.59 Å². The Labute approximate surface area is 163 Å². The number of amides is 2. The van der Waals surface area contributed by atoms with Crippen molar-refractivity contribution in [3.05, 3.63) is 0 Å². The van der Waals surface area contributed by atoms with E-state index in [4.69, 9.17) is 18.9 Å². The lowest BCUT2D eigenvalue weighted by Gasteiger charge is -2.10. The van der Waals surface area contributed by atoms with E-state index >= 15 is 0 Å². The number of hydrogen-bond acceptors (Lipinski definition) is 6. The monoisotopic (exact) mass is 390 g/mol. The van der Waals surface area contributed by atoms with Gasteiger partial charge in [-0.2, -0.15) is 0 Å². The van der Waals surface area contributed by atoms with Crippen molar-refractivity contribution >= 4 is 11.8 Å². The zero-order valence-corrected chi connectivity index (χ0v) is 17.4. The van der Waals surface area contributed by atoms with Crippen molar-refractivity contribution in [1.82, 2.24) is 10.6 Å². The first kappa shape index (κ1) is 25.8. The summed E-state index contributed by atoms with van der Waals surface area (Å²) in [6.45, 7) is 12.3. The molecule has 0 aliphatic carbocycles. The lowest BCUT2D eigenvalue weighted by Crippen LogP contribution is -2.31. The van der Waals surface area contributed by atoms with E-state index < -0.39 is 0 Å². The summed E-state index contributed by atoms with van der Waals surface area (Å²) in [6, 6.07) is 0. The average Bonchev–Trinajstić information content (AvgIpc) is 2.65. The first-order valence-corrected chi connectivity index (χ1v) is 9.82. The van der Waals surface area contributed by atoms with Gasteiger partial charge in [0.2, 0.25) is 11.8 Å². The molecule has 0 radical (unpaired) electrons. The quantitative estimate of drug-likeness (QED) is 0.339. The van der Waals surface area contributed by atoms with Gasteiger partial charge < -0.3 is 29.6 Å². The summed E-state index contributed by atoms with van der Waals surface area (Å²) < 4.78 is 21.3. The molecular weight excluding hydrogens is 352 g/mol. The van der Waals surface area contributed by atoms with Gasteiger partial charge in [0, 0.05) is 19.0 Å². The minimum atomic E-state index is -0.0950. The number of carbonyl (C=O) groups excluding carboxylic acids is 2. The van der Waals surface area contributed by atoms with Gasteiger partial charge in [-0.15, -0.1) is 0 Å². The molecule has 1 unspecified atom stereocenters. The van der Waals surface area contributed by atoms with Crippen molar-refractivity contribution in [2.45, 2.75) is 34.1 Å². The van der Waals surface area contributed by atoms with Crippen LogP contribution in [0, 0.1) is 11.8 Å². The molecule has 8 heteroatoms. The summed E-state index contributed by atoms with van der Waals surface area (Å²) in [5.74, 6) is 0.407. The molecule has 0 aromatic heterocycles. The third kappa shape index (κ3) is 17.9. The highest BCUT2D eigenvalue weighted by atomic mass is 16.6. The Kier molecular flexibility index (Phi) is 17.3. The minimum absolute atomic E-state index is 0.00880. The van der Waals surface area contributed by atoms with E-state index in [1.807, 2.05) is 13.8 Å². The molecule has 0 aromatic carbocycles. The van der Waals surface area contributed by atoms with Gasteiger partial charge in [0.1, 0.15) is 6.61 Å². The molecule has 1 atom stereocenters. The van der Waals surface area contributed by atoms with Crippen LogP contribution in [0.3, 0.4) is 0 Å². The molecule has 2 N–H and O–H groups in total. The zero-order chi connectivity index (χ0) is 20.3. The first-order valence-electron chi connectivity index (χ1n) is 9.82. The van der Waals surface area contributed by atoms with Crippen LogP contribution in [0.25, 0.3) is 0 Å². The number of ether oxygens (including phenoxy) is 4. The molecule has 0 spiro atoms. The van der Waals surface area contributed by atoms with E-state index in [-0.39, 0.29) is 24.3 Å². The van der Waals surface area contributed by atoms with Gasteiger partial charge in [0.15, 0.2) is 0 Å². The van der Waals surface area contributed by atoms with Crippen LogP contribution in [-0.4, -0.2) is 77.8 Å². The van der Waals surface area contributed by atoms with Crippen LogP contribution in [0.4, 0.5) is 0 Å². The van der Waals surface area contributed by atoms with Crippen molar-refractivity contribution < 1.29 is 28.5 Å². The first-order chi connectivity index (χ1) is 13.0. The summed E-state index contributed by atoms with van der Waals surface area (Å²) in [5, 5.41) is 5.61. The van der Waals surface area contributed by atoms with Gasteiger partial charge in [-0.25, -0.2) is 0 Å². The average molecular weight is 391 g/mol. The zero-order valence-electron chi connectivity index (χ0n) is 17.4. The fourth-order valence-electron chi connectivity index (χ4n) is 1.76. The van der Waals surface area contributed by atoms with Crippen molar-refractivity contribution in [3.8, 4) is 0 Å². The highest BCUT2D eigenvalue weighted by Crippen LogP contribution is 1.96. The third-order valence-electron chi connectivity index (χ3n) is 3.76. The molecule has 0 saturated carbocycles. The van der Waals surface area contributed by atoms with Gasteiger partial charge >= 0.3 is 0 Å². The lowest BCUT2D eigenvalue weighted by atomic mass is 10.1. The van der Waals surface area contributed by atoms with Crippen LogP contribution in [0.5, 0.6) is 0 Å². The second-order valence-electron chi connectivity index (χ2n) is 6.65. The van der Waals surface area contributed by atoms with Crippen LogP contribution in [-0.2, 0) is 28.5 Å². The Bertz CT molecular complexity index is 379.